The second kappa shape index (κ2) is 6.57. The first-order chi connectivity index (χ1) is 10.8. The molecule has 0 radical (unpaired) electrons. The van der Waals surface area contributed by atoms with E-state index in [-0.39, 0.29) is 9.13 Å². The molecule has 0 heterocycles. The monoisotopic (exact) mass is 437 g/mol. The van der Waals surface area contributed by atoms with Crippen molar-refractivity contribution in [2.45, 2.75) is 0 Å². The number of aromatic carboxylic acids is 1. The average Bonchev–Trinajstić information content (AvgIpc) is 2.49. The summed E-state index contributed by atoms with van der Waals surface area (Å²) in [5.74, 6) is -6.19. The molecule has 0 unspecified atom stereocenters. The van der Waals surface area contributed by atoms with Crippen LogP contribution in [0.15, 0.2) is 24.8 Å². The maximum absolute atomic E-state index is 14.1. The summed E-state index contributed by atoms with van der Waals surface area (Å²) in [6.45, 7) is 3.25. The molecule has 3 nitrogen and oxygen atoms in total. The third-order valence-electron chi connectivity index (χ3n) is 2.95. The minimum absolute atomic E-state index is 0.0160. The average molecular weight is 437 g/mol. The lowest BCUT2D eigenvalue weighted by molar-refractivity contribution is 0.0697. The highest BCUT2D eigenvalue weighted by molar-refractivity contribution is 14.1. The molecular formula is C15H8F4INO2. The van der Waals surface area contributed by atoms with Gasteiger partial charge in [-0.3, -0.25) is 0 Å². The van der Waals surface area contributed by atoms with Crippen molar-refractivity contribution in [3.8, 4) is 0 Å². The van der Waals surface area contributed by atoms with Gasteiger partial charge >= 0.3 is 5.97 Å². The van der Waals surface area contributed by atoms with Crippen LogP contribution in [0, 0.1) is 26.8 Å². The van der Waals surface area contributed by atoms with Crippen LogP contribution in [0.1, 0.15) is 15.9 Å². The summed E-state index contributed by atoms with van der Waals surface area (Å²) < 4.78 is 55.2. The van der Waals surface area contributed by atoms with Crippen LogP contribution < -0.4 is 5.32 Å². The molecular weight excluding hydrogens is 429 g/mol. The highest BCUT2D eigenvalue weighted by Crippen LogP contribution is 2.31. The molecule has 0 aromatic heterocycles. The van der Waals surface area contributed by atoms with E-state index >= 15 is 0 Å². The van der Waals surface area contributed by atoms with E-state index in [0.29, 0.717) is 0 Å². The number of anilines is 2. The molecule has 2 rings (SSSR count). The molecule has 23 heavy (non-hydrogen) atoms. The normalized spacial score (nSPS) is 10.5. The first-order valence-corrected chi connectivity index (χ1v) is 7.13. The SMILES string of the molecule is C=Cc1cc(C(=O)O)c(Nc2cc(F)c(I)cc2F)c(F)c1F. The Bertz CT molecular complexity index is 824. The minimum Gasteiger partial charge on any atom is -0.478 e. The van der Waals surface area contributed by atoms with Crippen LogP contribution in [0.3, 0.4) is 0 Å². The Morgan fingerprint density at radius 1 is 1.13 bits per heavy atom. The molecule has 8 heteroatoms. The summed E-state index contributed by atoms with van der Waals surface area (Å²) in [5, 5.41) is 11.2. The van der Waals surface area contributed by atoms with Crippen molar-refractivity contribution in [1.82, 2.24) is 0 Å². The van der Waals surface area contributed by atoms with Crippen molar-refractivity contribution in [3.63, 3.8) is 0 Å². The Balaban J connectivity index is 2.64. The van der Waals surface area contributed by atoms with E-state index in [1.165, 1.54) is 0 Å². The number of nitrogens with one attached hydrogen (secondary N) is 1. The number of hydrogen-bond acceptors (Lipinski definition) is 2. The fourth-order valence-electron chi connectivity index (χ4n) is 1.84. The van der Waals surface area contributed by atoms with Crippen LogP contribution in [0.4, 0.5) is 28.9 Å². The molecule has 0 aliphatic rings. The summed E-state index contributed by atoms with van der Waals surface area (Å²) in [6, 6.07) is 2.41. The standard InChI is InChI=1S/C15H8F4INO2/c1-2-6-3-7(15(22)23)14(13(19)12(6)18)21-11-5-8(16)10(20)4-9(11)17/h2-5,21H,1H2,(H,22,23). The van der Waals surface area contributed by atoms with Crippen LogP contribution in [0.2, 0.25) is 0 Å². The van der Waals surface area contributed by atoms with E-state index in [9.17, 15) is 22.4 Å². The molecule has 0 spiro atoms. The number of rotatable bonds is 4. The number of halogens is 5. The Kier molecular flexibility index (Phi) is 4.93. The van der Waals surface area contributed by atoms with Crippen molar-refractivity contribution in [3.05, 3.63) is 62.7 Å². The van der Waals surface area contributed by atoms with Crippen LogP contribution in [-0.2, 0) is 0 Å². The molecule has 120 valence electrons. The fraction of sp³-hybridized carbons (Fsp3) is 0. The van der Waals surface area contributed by atoms with Gasteiger partial charge in [0.15, 0.2) is 11.6 Å². The fourth-order valence-corrected chi connectivity index (χ4v) is 2.27. The van der Waals surface area contributed by atoms with Crippen LogP contribution in [-0.4, -0.2) is 11.1 Å². The lowest BCUT2D eigenvalue weighted by Crippen LogP contribution is -2.09. The Morgan fingerprint density at radius 3 is 2.35 bits per heavy atom. The molecule has 2 N–H and O–H groups in total. The van der Waals surface area contributed by atoms with Crippen molar-refractivity contribution in [2.75, 3.05) is 5.32 Å². The van der Waals surface area contributed by atoms with Crippen molar-refractivity contribution >= 4 is 46.0 Å². The van der Waals surface area contributed by atoms with Gasteiger partial charge in [0.1, 0.15) is 11.6 Å². The summed E-state index contributed by atoms with van der Waals surface area (Å²) in [6.07, 6.45) is 0.944. The smallest absolute Gasteiger partial charge is 0.337 e. The first-order valence-electron chi connectivity index (χ1n) is 6.05. The molecule has 0 atom stereocenters. The summed E-state index contributed by atoms with van der Waals surface area (Å²) in [7, 11) is 0. The maximum Gasteiger partial charge on any atom is 0.337 e. The predicted molar refractivity (Wildman–Crippen MR) is 85.8 cm³/mol. The van der Waals surface area contributed by atoms with Gasteiger partial charge in [-0.1, -0.05) is 12.7 Å². The van der Waals surface area contributed by atoms with Gasteiger partial charge in [-0.2, -0.15) is 0 Å². The first kappa shape index (κ1) is 17.3. The zero-order valence-corrected chi connectivity index (χ0v) is 13.4. The minimum atomic E-state index is -1.57. The lowest BCUT2D eigenvalue weighted by Gasteiger charge is -2.14. The number of hydrogen-bond donors (Lipinski definition) is 2. The zero-order chi connectivity index (χ0) is 17.3. The number of carboxylic acid groups (broad SMARTS) is 1. The van der Waals surface area contributed by atoms with Gasteiger partial charge in [-0.25, -0.2) is 22.4 Å². The van der Waals surface area contributed by atoms with Gasteiger partial charge in [0, 0.05) is 11.6 Å². The van der Waals surface area contributed by atoms with Crippen LogP contribution >= 0.6 is 22.6 Å². The van der Waals surface area contributed by atoms with E-state index < -0.39 is 46.2 Å². The highest BCUT2D eigenvalue weighted by Gasteiger charge is 2.22. The third kappa shape index (κ3) is 3.31. The van der Waals surface area contributed by atoms with Gasteiger partial charge < -0.3 is 10.4 Å². The van der Waals surface area contributed by atoms with Gasteiger partial charge in [0.2, 0.25) is 0 Å². The summed E-state index contributed by atoms with van der Waals surface area (Å²) in [4.78, 5) is 11.2. The zero-order valence-electron chi connectivity index (χ0n) is 11.3. The largest absolute Gasteiger partial charge is 0.478 e. The summed E-state index contributed by atoms with van der Waals surface area (Å²) in [5.41, 5.74) is -2.33. The van der Waals surface area contributed by atoms with E-state index in [0.717, 1.165) is 24.3 Å². The van der Waals surface area contributed by atoms with Gasteiger partial charge in [-0.05, 0) is 34.7 Å². The van der Waals surface area contributed by atoms with E-state index in [4.69, 9.17) is 5.11 Å². The molecule has 0 amide bonds. The molecule has 2 aromatic carbocycles. The molecule has 0 bridgehead atoms. The Labute approximate surface area is 141 Å². The maximum atomic E-state index is 14.1. The Hall–Kier alpha value is -2.10. The topological polar surface area (TPSA) is 49.3 Å². The molecule has 0 saturated heterocycles. The molecule has 2 aromatic rings. The van der Waals surface area contributed by atoms with Crippen molar-refractivity contribution in [1.29, 1.82) is 0 Å². The van der Waals surface area contributed by atoms with Gasteiger partial charge in [0.05, 0.1) is 20.5 Å². The molecule has 0 saturated carbocycles. The van der Waals surface area contributed by atoms with E-state index in [1.807, 2.05) is 0 Å². The summed E-state index contributed by atoms with van der Waals surface area (Å²) >= 11 is 1.55. The number of benzene rings is 2. The van der Waals surface area contributed by atoms with Crippen molar-refractivity contribution < 1.29 is 27.5 Å². The predicted octanol–water partition coefficient (Wildman–Crippen LogP) is 4.93. The molecule has 0 aliphatic heterocycles. The third-order valence-corrected chi connectivity index (χ3v) is 3.78. The van der Waals surface area contributed by atoms with Gasteiger partial charge in [0.25, 0.3) is 0 Å². The van der Waals surface area contributed by atoms with Gasteiger partial charge in [-0.15, -0.1) is 0 Å². The second-order valence-electron chi connectivity index (χ2n) is 4.40. The van der Waals surface area contributed by atoms with E-state index in [2.05, 4.69) is 11.9 Å². The highest BCUT2D eigenvalue weighted by atomic mass is 127. The number of carboxylic acids is 1. The van der Waals surface area contributed by atoms with Crippen LogP contribution in [0.25, 0.3) is 6.08 Å². The Morgan fingerprint density at radius 2 is 1.78 bits per heavy atom. The molecule has 0 aliphatic carbocycles. The van der Waals surface area contributed by atoms with Crippen LogP contribution in [0.5, 0.6) is 0 Å². The van der Waals surface area contributed by atoms with E-state index in [1.54, 1.807) is 22.6 Å². The quantitative estimate of drug-likeness (QED) is 0.405. The molecule has 0 fully saturated rings. The lowest BCUT2D eigenvalue weighted by atomic mass is 10.1. The van der Waals surface area contributed by atoms with Crippen molar-refractivity contribution in [2.24, 2.45) is 0 Å². The number of carbonyl (C=O) groups is 1. The second-order valence-corrected chi connectivity index (χ2v) is 5.56.